The normalized spacial score (nSPS) is 12.4. The van der Waals surface area contributed by atoms with E-state index in [2.05, 4.69) is 118 Å². The molecule has 5 aromatic carbocycles. The first-order chi connectivity index (χ1) is 20.3. The van der Waals surface area contributed by atoms with Gasteiger partial charge >= 0.3 is 0 Å². The van der Waals surface area contributed by atoms with Gasteiger partial charge in [-0.05, 0) is 66.7 Å². The SMILES string of the molecule is c1ccc(-n2c3cc4c(cc3c3c5c(ccc32)sc2ccccc25)c2ncccc2n2c3ccccc3nc42)cc1. The maximum atomic E-state index is 5.17. The fourth-order valence-corrected chi connectivity index (χ4v) is 7.95. The molecule has 0 saturated carbocycles. The van der Waals surface area contributed by atoms with Crippen LogP contribution in [0.5, 0.6) is 0 Å². The summed E-state index contributed by atoms with van der Waals surface area (Å²) in [7, 11) is 0. The Morgan fingerprint density at radius 1 is 0.537 bits per heavy atom. The second-order valence-corrected chi connectivity index (χ2v) is 11.7. The van der Waals surface area contributed by atoms with E-state index in [1.807, 2.05) is 23.6 Å². The van der Waals surface area contributed by atoms with Crippen LogP contribution in [-0.4, -0.2) is 18.9 Å². The summed E-state index contributed by atoms with van der Waals surface area (Å²) in [6.45, 7) is 0. The van der Waals surface area contributed by atoms with Crippen LogP contribution in [0.25, 0.3) is 86.2 Å². The Morgan fingerprint density at radius 3 is 2.32 bits per heavy atom. The second kappa shape index (κ2) is 7.68. The highest BCUT2D eigenvalue weighted by Gasteiger charge is 2.21. The van der Waals surface area contributed by atoms with Crippen molar-refractivity contribution < 1.29 is 0 Å². The Bertz CT molecular complexity index is 2690. The zero-order chi connectivity index (χ0) is 26.7. The number of aromatic nitrogens is 4. The van der Waals surface area contributed by atoms with Crippen LogP contribution in [0.4, 0.5) is 0 Å². The first-order valence-electron chi connectivity index (χ1n) is 13.8. The molecule has 0 saturated heterocycles. The predicted octanol–water partition coefficient (Wildman–Crippen LogP) is 9.65. The van der Waals surface area contributed by atoms with Crippen molar-refractivity contribution in [3.63, 3.8) is 0 Å². The Hall–Kier alpha value is -5.26. The average Bonchev–Trinajstić information content (AvgIpc) is 3.70. The van der Waals surface area contributed by atoms with Gasteiger partial charge in [0.1, 0.15) is 5.65 Å². The minimum Gasteiger partial charge on any atom is -0.309 e. The van der Waals surface area contributed by atoms with E-state index < -0.39 is 0 Å². The van der Waals surface area contributed by atoms with E-state index in [0.717, 1.165) is 44.2 Å². The third kappa shape index (κ3) is 2.73. The first kappa shape index (κ1) is 21.5. The van der Waals surface area contributed by atoms with E-state index in [4.69, 9.17) is 9.97 Å². The molecule has 0 radical (unpaired) electrons. The molecule has 5 heterocycles. The summed E-state index contributed by atoms with van der Waals surface area (Å²) < 4.78 is 7.31. The molecule has 5 aromatic heterocycles. The molecule has 0 N–H and O–H groups in total. The summed E-state index contributed by atoms with van der Waals surface area (Å²) in [4.78, 5) is 10.1. The van der Waals surface area contributed by atoms with Gasteiger partial charge in [0.05, 0.1) is 33.1 Å². The maximum Gasteiger partial charge on any atom is 0.146 e. The lowest BCUT2D eigenvalue weighted by molar-refractivity contribution is 1.18. The molecule has 0 fully saturated rings. The quantitative estimate of drug-likeness (QED) is 0.194. The van der Waals surface area contributed by atoms with Gasteiger partial charge in [0, 0.05) is 53.6 Å². The third-order valence-electron chi connectivity index (χ3n) is 8.51. The van der Waals surface area contributed by atoms with Gasteiger partial charge in [-0.3, -0.25) is 9.38 Å². The summed E-state index contributed by atoms with van der Waals surface area (Å²) in [6, 6.07) is 41.3. The molecule has 0 atom stereocenters. The smallest absolute Gasteiger partial charge is 0.146 e. The van der Waals surface area contributed by atoms with E-state index in [1.54, 1.807) is 0 Å². The zero-order valence-electron chi connectivity index (χ0n) is 21.7. The van der Waals surface area contributed by atoms with Gasteiger partial charge < -0.3 is 4.57 Å². The number of fused-ring (bicyclic) bond motifs is 15. The topological polar surface area (TPSA) is 35.1 Å². The first-order valence-corrected chi connectivity index (χ1v) is 14.6. The number of hydrogen-bond donors (Lipinski definition) is 0. The van der Waals surface area contributed by atoms with Crippen LogP contribution in [0, 0.1) is 0 Å². The molecule has 0 spiro atoms. The molecule has 0 amide bonds. The van der Waals surface area contributed by atoms with Crippen LogP contribution in [0.3, 0.4) is 0 Å². The van der Waals surface area contributed by atoms with Crippen LogP contribution in [0.2, 0.25) is 0 Å². The summed E-state index contributed by atoms with van der Waals surface area (Å²) in [5, 5.41) is 7.39. The lowest BCUT2D eigenvalue weighted by atomic mass is 10.0. The second-order valence-electron chi connectivity index (χ2n) is 10.6. The molecule has 0 bridgehead atoms. The van der Waals surface area contributed by atoms with Crippen molar-refractivity contribution in [1.82, 2.24) is 18.9 Å². The van der Waals surface area contributed by atoms with Gasteiger partial charge in [0.15, 0.2) is 0 Å². The molecule has 190 valence electrons. The third-order valence-corrected chi connectivity index (χ3v) is 9.64. The molecule has 10 rings (SSSR count). The van der Waals surface area contributed by atoms with E-state index in [-0.39, 0.29) is 0 Å². The van der Waals surface area contributed by atoms with Crippen molar-refractivity contribution in [2.45, 2.75) is 0 Å². The molecule has 0 unspecified atom stereocenters. The molecule has 41 heavy (non-hydrogen) atoms. The predicted molar refractivity (Wildman–Crippen MR) is 173 cm³/mol. The van der Waals surface area contributed by atoms with Crippen LogP contribution < -0.4 is 0 Å². The summed E-state index contributed by atoms with van der Waals surface area (Å²) in [5.41, 5.74) is 8.63. The number of para-hydroxylation sites is 3. The fraction of sp³-hybridized carbons (Fsp3) is 0. The minimum absolute atomic E-state index is 0.958. The number of pyridine rings is 2. The molecule has 0 aliphatic carbocycles. The Kier molecular flexibility index (Phi) is 4.04. The van der Waals surface area contributed by atoms with Crippen molar-refractivity contribution in [3.05, 3.63) is 121 Å². The van der Waals surface area contributed by atoms with Crippen LogP contribution >= 0.6 is 11.3 Å². The minimum atomic E-state index is 0.958. The maximum absolute atomic E-state index is 5.17. The molecule has 4 nitrogen and oxygen atoms in total. The molecule has 0 aliphatic rings. The van der Waals surface area contributed by atoms with Gasteiger partial charge in [-0.25, -0.2) is 4.98 Å². The average molecular weight is 541 g/mol. The van der Waals surface area contributed by atoms with Crippen molar-refractivity contribution in [1.29, 1.82) is 0 Å². The van der Waals surface area contributed by atoms with Crippen LogP contribution in [-0.2, 0) is 0 Å². The summed E-state index contributed by atoms with van der Waals surface area (Å²) >= 11 is 1.87. The van der Waals surface area contributed by atoms with Gasteiger partial charge in [0.25, 0.3) is 0 Å². The number of rotatable bonds is 1. The molecule has 5 heteroatoms. The van der Waals surface area contributed by atoms with Crippen LogP contribution in [0.15, 0.2) is 121 Å². The van der Waals surface area contributed by atoms with E-state index in [9.17, 15) is 0 Å². The standard InChI is InChI=1S/C36H20N4S/c1-2-9-21(10-3-1)39-28-16-17-32-34(22-11-4-7-15-31(22)41-32)33(28)25-19-23-24(20-30(25)39)36-38-26-12-5-6-13-27(26)40(36)29-14-8-18-37-35(23)29/h1-20H. The summed E-state index contributed by atoms with van der Waals surface area (Å²) in [6.07, 6.45) is 1.90. The largest absolute Gasteiger partial charge is 0.309 e. The molecule has 10 aromatic rings. The monoisotopic (exact) mass is 540 g/mol. The Morgan fingerprint density at radius 2 is 1.37 bits per heavy atom. The number of imidazole rings is 1. The number of hydrogen-bond acceptors (Lipinski definition) is 3. The van der Waals surface area contributed by atoms with Crippen molar-refractivity contribution in [2.24, 2.45) is 0 Å². The highest BCUT2D eigenvalue weighted by atomic mass is 32.1. The molecular formula is C36H20N4S. The van der Waals surface area contributed by atoms with Gasteiger partial charge in [-0.2, -0.15) is 0 Å². The van der Waals surface area contributed by atoms with Crippen molar-refractivity contribution in [3.8, 4) is 5.69 Å². The van der Waals surface area contributed by atoms with Crippen LogP contribution in [0.1, 0.15) is 0 Å². The van der Waals surface area contributed by atoms with E-state index in [0.29, 0.717) is 0 Å². The fourth-order valence-electron chi connectivity index (χ4n) is 6.84. The zero-order valence-corrected chi connectivity index (χ0v) is 22.6. The Balaban J connectivity index is 1.51. The highest BCUT2D eigenvalue weighted by molar-refractivity contribution is 7.26. The summed E-state index contributed by atoms with van der Waals surface area (Å²) in [5.74, 6) is 0. The van der Waals surface area contributed by atoms with Gasteiger partial charge in [0.2, 0.25) is 0 Å². The van der Waals surface area contributed by atoms with Crippen molar-refractivity contribution in [2.75, 3.05) is 0 Å². The van der Waals surface area contributed by atoms with E-state index in [1.165, 1.54) is 42.0 Å². The number of thiophene rings is 1. The molecular weight excluding hydrogens is 520 g/mol. The van der Waals surface area contributed by atoms with Gasteiger partial charge in [-0.1, -0.05) is 48.5 Å². The van der Waals surface area contributed by atoms with E-state index >= 15 is 0 Å². The lowest BCUT2D eigenvalue weighted by Crippen LogP contribution is -1.95. The highest BCUT2D eigenvalue weighted by Crippen LogP contribution is 2.45. The molecule has 0 aliphatic heterocycles. The number of nitrogens with zero attached hydrogens (tertiary/aromatic N) is 4. The Labute approximate surface area is 237 Å². The lowest BCUT2D eigenvalue weighted by Gasteiger charge is -2.10. The van der Waals surface area contributed by atoms with Gasteiger partial charge in [-0.15, -0.1) is 11.3 Å². The van der Waals surface area contributed by atoms with Crippen molar-refractivity contribution >= 4 is 91.8 Å². The number of benzene rings is 5.